The van der Waals surface area contributed by atoms with Gasteiger partial charge in [0.05, 0.1) is 0 Å². The van der Waals surface area contributed by atoms with Crippen molar-refractivity contribution < 1.29 is 9.59 Å². The Morgan fingerprint density at radius 2 is 1.55 bits per heavy atom. The van der Waals surface area contributed by atoms with E-state index < -0.39 is 0 Å². The molecule has 0 saturated heterocycles. The molecule has 5 heteroatoms. The molecule has 0 spiro atoms. The van der Waals surface area contributed by atoms with Gasteiger partial charge in [-0.25, -0.2) is 0 Å². The number of benzene rings is 3. The first-order valence-corrected chi connectivity index (χ1v) is 9.45. The Morgan fingerprint density at radius 1 is 0.828 bits per heavy atom. The average Bonchev–Trinajstić information content (AvgIpc) is 2.73. The molecule has 0 heterocycles. The number of carbonyl (C=O) groups excluding carboxylic acids is 2. The molecular formula is C24H25N3O2. The molecule has 3 rings (SSSR count). The molecule has 148 valence electrons. The lowest BCUT2D eigenvalue weighted by atomic mass is 10.1. The molecule has 2 amide bonds. The predicted octanol–water partition coefficient (Wildman–Crippen LogP) is 4.24. The van der Waals surface area contributed by atoms with Crippen molar-refractivity contribution in [3.63, 3.8) is 0 Å². The predicted molar refractivity (Wildman–Crippen MR) is 118 cm³/mol. The van der Waals surface area contributed by atoms with Gasteiger partial charge in [-0.3, -0.25) is 9.59 Å². The number of aryl methyl sites for hydroxylation is 1. The van der Waals surface area contributed by atoms with Gasteiger partial charge in [0.25, 0.3) is 11.8 Å². The molecule has 0 unspecified atom stereocenters. The zero-order chi connectivity index (χ0) is 20.8. The van der Waals surface area contributed by atoms with E-state index in [1.165, 1.54) is 0 Å². The third-order valence-corrected chi connectivity index (χ3v) is 4.58. The lowest BCUT2D eigenvalue weighted by molar-refractivity contribution is 0.0950. The lowest BCUT2D eigenvalue weighted by Crippen LogP contribution is -2.23. The molecule has 0 atom stereocenters. The molecule has 0 aromatic heterocycles. The van der Waals surface area contributed by atoms with Crippen LogP contribution in [-0.4, -0.2) is 25.9 Å². The lowest BCUT2D eigenvalue weighted by Gasteiger charge is -2.13. The van der Waals surface area contributed by atoms with Crippen LogP contribution >= 0.6 is 0 Å². The molecule has 0 aliphatic rings. The smallest absolute Gasteiger partial charge is 0.255 e. The molecule has 0 radical (unpaired) electrons. The van der Waals surface area contributed by atoms with Gasteiger partial charge in [0, 0.05) is 43.1 Å². The van der Waals surface area contributed by atoms with Crippen molar-refractivity contribution in [1.29, 1.82) is 0 Å². The molecule has 0 bridgehead atoms. The van der Waals surface area contributed by atoms with Crippen molar-refractivity contribution in [3.05, 3.63) is 95.1 Å². The molecule has 5 nitrogen and oxygen atoms in total. The van der Waals surface area contributed by atoms with Gasteiger partial charge >= 0.3 is 0 Å². The van der Waals surface area contributed by atoms with Crippen LogP contribution in [0.1, 0.15) is 31.8 Å². The summed E-state index contributed by atoms with van der Waals surface area (Å²) < 4.78 is 0. The number of carbonyl (C=O) groups is 2. The fourth-order valence-electron chi connectivity index (χ4n) is 2.88. The molecule has 0 aliphatic heterocycles. The number of nitrogens with one attached hydrogen (secondary N) is 2. The van der Waals surface area contributed by atoms with Gasteiger partial charge in [-0.05, 0) is 55.0 Å². The Labute approximate surface area is 171 Å². The standard InChI is InChI=1S/C24H25N3O2/c1-17-10-12-19(13-11-17)24(29)26-21-8-4-6-18(14-21)16-25-23(28)20-7-5-9-22(15-20)27(2)3/h4-15H,16H2,1-3H3,(H,25,28)(H,26,29). The SMILES string of the molecule is Cc1ccc(C(=O)Nc2cccc(CNC(=O)c3cccc(N(C)C)c3)c2)cc1. The maximum Gasteiger partial charge on any atom is 0.255 e. The minimum Gasteiger partial charge on any atom is -0.378 e. The molecule has 0 saturated carbocycles. The van der Waals surface area contributed by atoms with Gasteiger partial charge in [-0.1, -0.05) is 35.9 Å². The monoisotopic (exact) mass is 387 g/mol. The van der Waals surface area contributed by atoms with Gasteiger partial charge in [0.2, 0.25) is 0 Å². The van der Waals surface area contributed by atoms with Crippen molar-refractivity contribution in [2.75, 3.05) is 24.3 Å². The highest BCUT2D eigenvalue weighted by Crippen LogP contribution is 2.15. The summed E-state index contributed by atoms with van der Waals surface area (Å²) in [5.41, 5.74) is 4.89. The van der Waals surface area contributed by atoms with Crippen LogP contribution in [-0.2, 0) is 6.54 Å². The summed E-state index contributed by atoms with van der Waals surface area (Å²) in [5.74, 6) is -0.297. The van der Waals surface area contributed by atoms with E-state index in [1.807, 2.05) is 80.5 Å². The van der Waals surface area contributed by atoms with E-state index >= 15 is 0 Å². The Balaban J connectivity index is 1.62. The fraction of sp³-hybridized carbons (Fsp3) is 0.167. The largest absolute Gasteiger partial charge is 0.378 e. The summed E-state index contributed by atoms with van der Waals surface area (Å²) in [7, 11) is 3.88. The second kappa shape index (κ2) is 9.06. The van der Waals surface area contributed by atoms with Crippen molar-refractivity contribution in [3.8, 4) is 0 Å². The molecule has 29 heavy (non-hydrogen) atoms. The first-order chi connectivity index (χ1) is 13.9. The molecule has 0 fully saturated rings. The second-order valence-electron chi connectivity index (χ2n) is 7.15. The van der Waals surface area contributed by atoms with E-state index in [0.29, 0.717) is 23.4 Å². The van der Waals surface area contributed by atoms with Crippen LogP contribution in [0.5, 0.6) is 0 Å². The number of hydrogen-bond donors (Lipinski definition) is 2. The summed E-state index contributed by atoms with van der Waals surface area (Å²) >= 11 is 0. The third-order valence-electron chi connectivity index (χ3n) is 4.58. The number of hydrogen-bond acceptors (Lipinski definition) is 3. The zero-order valence-electron chi connectivity index (χ0n) is 16.9. The van der Waals surface area contributed by atoms with Gasteiger partial charge in [0.15, 0.2) is 0 Å². The fourth-order valence-corrected chi connectivity index (χ4v) is 2.88. The van der Waals surface area contributed by atoms with Gasteiger partial charge in [-0.15, -0.1) is 0 Å². The quantitative estimate of drug-likeness (QED) is 0.665. The van der Waals surface area contributed by atoms with E-state index in [9.17, 15) is 9.59 Å². The molecule has 0 aliphatic carbocycles. The highest BCUT2D eigenvalue weighted by atomic mass is 16.2. The number of nitrogens with zero attached hydrogens (tertiary/aromatic N) is 1. The maximum atomic E-state index is 12.5. The average molecular weight is 387 g/mol. The zero-order valence-corrected chi connectivity index (χ0v) is 16.9. The van der Waals surface area contributed by atoms with Crippen LogP contribution in [0.25, 0.3) is 0 Å². The number of rotatable bonds is 6. The highest BCUT2D eigenvalue weighted by Gasteiger charge is 2.09. The van der Waals surface area contributed by atoms with E-state index in [2.05, 4.69) is 10.6 Å². The van der Waals surface area contributed by atoms with E-state index in [4.69, 9.17) is 0 Å². The van der Waals surface area contributed by atoms with Gasteiger partial charge < -0.3 is 15.5 Å². The normalized spacial score (nSPS) is 10.3. The summed E-state index contributed by atoms with van der Waals surface area (Å²) in [6.07, 6.45) is 0. The summed E-state index contributed by atoms with van der Waals surface area (Å²) in [6, 6.07) is 22.4. The third kappa shape index (κ3) is 5.45. The Kier molecular flexibility index (Phi) is 6.29. The van der Waals surface area contributed by atoms with Crippen molar-refractivity contribution in [2.45, 2.75) is 13.5 Å². The van der Waals surface area contributed by atoms with Crippen LogP contribution in [0.15, 0.2) is 72.8 Å². The van der Waals surface area contributed by atoms with Crippen molar-refractivity contribution in [1.82, 2.24) is 5.32 Å². The highest BCUT2D eigenvalue weighted by molar-refractivity contribution is 6.04. The molecule has 3 aromatic carbocycles. The van der Waals surface area contributed by atoms with E-state index in [-0.39, 0.29) is 11.8 Å². The summed E-state index contributed by atoms with van der Waals surface area (Å²) in [4.78, 5) is 26.8. The maximum absolute atomic E-state index is 12.5. The number of anilines is 2. The second-order valence-corrected chi connectivity index (χ2v) is 7.15. The van der Waals surface area contributed by atoms with Crippen molar-refractivity contribution >= 4 is 23.2 Å². The van der Waals surface area contributed by atoms with Crippen molar-refractivity contribution in [2.24, 2.45) is 0 Å². The topological polar surface area (TPSA) is 61.4 Å². The summed E-state index contributed by atoms with van der Waals surface area (Å²) in [5, 5.41) is 5.83. The Morgan fingerprint density at radius 3 is 2.28 bits per heavy atom. The van der Waals surface area contributed by atoms with Crippen LogP contribution < -0.4 is 15.5 Å². The first kappa shape index (κ1) is 20.1. The van der Waals surface area contributed by atoms with E-state index in [0.717, 1.165) is 16.8 Å². The Bertz CT molecular complexity index is 1010. The van der Waals surface area contributed by atoms with E-state index in [1.54, 1.807) is 18.2 Å². The van der Waals surface area contributed by atoms with Crippen LogP contribution in [0.2, 0.25) is 0 Å². The van der Waals surface area contributed by atoms with Crippen LogP contribution in [0, 0.1) is 6.92 Å². The molecule has 3 aromatic rings. The summed E-state index contributed by atoms with van der Waals surface area (Å²) in [6.45, 7) is 2.36. The molecular weight excluding hydrogens is 362 g/mol. The Hall–Kier alpha value is -3.60. The number of amides is 2. The van der Waals surface area contributed by atoms with Crippen LogP contribution in [0.4, 0.5) is 11.4 Å². The molecule has 2 N–H and O–H groups in total. The van der Waals surface area contributed by atoms with Gasteiger partial charge in [0.1, 0.15) is 0 Å². The van der Waals surface area contributed by atoms with Crippen LogP contribution in [0.3, 0.4) is 0 Å². The minimum atomic E-state index is -0.160. The minimum absolute atomic E-state index is 0.136. The van der Waals surface area contributed by atoms with Gasteiger partial charge in [-0.2, -0.15) is 0 Å². The first-order valence-electron chi connectivity index (χ1n) is 9.45.